The number of carbonyl (C=O) groups is 4. The Kier molecular flexibility index (Phi) is 10.7. The van der Waals surface area contributed by atoms with Gasteiger partial charge in [-0.1, -0.05) is 94.6 Å². The number of nitrogens with one attached hydrogen (secondary N) is 1. The Labute approximate surface area is 304 Å². The van der Waals surface area contributed by atoms with Crippen molar-refractivity contribution >= 4 is 29.5 Å². The van der Waals surface area contributed by atoms with Gasteiger partial charge in [-0.25, -0.2) is 9.59 Å². The normalized spacial score (nSPS) is 22.6. The first-order chi connectivity index (χ1) is 24.4. The fourth-order valence-electron chi connectivity index (χ4n) is 7.22. The predicted octanol–water partition coefficient (Wildman–Crippen LogP) is 6.80. The number of anilines is 1. The Bertz CT molecular complexity index is 1910. The molecule has 2 N–H and O–H groups in total. The van der Waals surface area contributed by atoms with Gasteiger partial charge >= 0.3 is 17.9 Å². The summed E-state index contributed by atoms with van der Waals surface area (Å²) in [6.07, 6.45) is -1.60. The third kappa shape index (κ3) is 6.80. The molecule has 10 heteroatoms. The summed E-state index contributed by atoms with van der Waals surface area (Å²) in [6.45, 7) is 19.5. The predicted molar refractivity (Wildman–Crippen MR) is 195 cm³/mol. The summed E-state index contributed by atoms with van der Waals surface area (Å²) in [5, 5.41) is 14.3. The van der Waals surface area contributed by atoms with E-state index < -0.39 is 59.1 Å². The lowest BCUT2D eigenvalue weighted by Gasteiger charge is -2.60. The molecule has 0 saturated heterocycles. The minimum atomic E-state index is -1.75. The number of benzene rings is 3. The van der Waals surface area contributed by atoms with Crippen molar-refractivity contribution in [2.45, 2.75) is 77.3 Å². The van der Waals surface area contributed by atoms with E-state index in [4.69, 9.17) is 18.9 Å². The number of hydrogen-bond donors (Lipinski definition) is 2. The lowest BCUT2D eigenvalue weighted by molar-refractivity contribution is -0.205. The van der Waals surface area contributed by atoms with E-state index in [2.05, 4.69) is 18.5 Å². The van der Waals surface area contributed by atoms with Crippen molar-refractivity contribution in [2.75, 3.05) is 18.5 Å². The van der Waals surface area contributed by atoms with Crippen molar-refractivity contribution in [2.24, 2.45) is 11.8 Å². The number of amides is 1. The van der Waals surface area contributed by atoms with Gasteiger partial charge in [0.15, 0.2) is 0 Å². The summed E-state index contributed by atoms with van der Waals surface area (Å²) in [4.78, 5) is 53.8. The van der Waals surface area contributed by atoms with E-state index >= 15 is 0 Å². The van der Waals surface area contributed by atoms with Gasteiger partial charge in [0.25, 0.3) is 0 Å². The highest BCUT2D eigenvalue weighted by molar-refractivity contribution is 5.99. The molecule has 6 rings (SSSR count). The summed E-state index contributed by atoms with van der Waals surface area (Å²) >= 11 is 0. The van der Waals surface area contributed by atoms with Crippen molar-refractivity contribution in [3.8, 4) is 0 Å². The lowest BCUT2D eigenvalue weighted by Crippen LogP contribution is -2.67. The fraction of sp³-hybridized carbons (Fsp3) is 0.381. The monoisotopic (exact) mass is 709 g/mol. The Morgan fingerprint density at radius 3 is 1.65 bits per heavy atom. The molecule has 0 aromatic heterocycles. The van der Waals surface area contributed by atoms with Crippen molar-refractivity contribution in [3.63, 3.8) is 0 Å². The summed E-state index contributed by atoms with van der Waals surface area (Å²) < 4.78 is 25.0. The number of carboxylic acids is 1. The van der Waals surface area contributed by atoms with Crippen LogP contribution in [0, 0.1) is 11.8 Å². The minimum absolute atomic E-state index is 0.184. The van der Waals surface area contributed by atoms with Crippen molar-refractivity contribution in [1.82, 2.24) is 0 Å². The van der Waals surface area contributed by atoms with Gasteiger partial charge < -0.3 is 29.4 Å². The van der Waals surface area contributed by atoms with Crippen LogP contribution in [-0.2, 0) is 54.7 Å². The molecule has 0 spiro atoms. The largest absolute Gasteiger partial charge is 0.481 e. The van der Waals surface area contributed by atoms with Gasteiger partial charge in [0, 0.05) is 16.8 Å². The summed E-state index contributed by atoms with van der Waals surface area (Å²) in [5.74, 6) is -6.08. The molecule has 0 fully saturated rings. The Hall–Kier alpha value is -5.06. The van der Waals surface area contributed by atoms with E-state index in [0.717, 1.165) is 5.56 Å². The summed E-state index contributed by atoms with van der Waals surface area (Å²) in [6, 6.07) is 21.7. The van der Waals surface area contributed by atoms with E-state index in [9.17, 15) is 24.3 Å². The number of carbonyl (C=O) groups excluding carboxylic acids is 3. The zero-order valence-electron chi connectivity index (χ0n) is 30.8. The summed E-state index contributed by atoms with van der Waals surface area (Å²) in [7, 11) is 0. The topological polar surface area (TPSA) is 137 Å². The quantitative estimate of drug-likeness (QED) is 0.145. The van der Waals surface area contributed by atoms with Crippen molar-refractivity contribution < 1.29 is 43.2 Å². The van der Waals surface area contributed by atoms with Crippen LogP contribution < -0.4 is 5.32 Å². The average Bonchev–Trinajstić information content (AvgIpc) is 3.09. The minimum Gasteiger partial charge on any atom is -0.481 e. The molecule has 52 heavy (non-hydrogen) atoms. The van der Waals surface area contributed by atoms with Crippen molar-refractivity contribution in [1.29, 1.82) is 0 Å². The third-order valence-electron chi connectivity index (χ3n) is 9.62. The SMILES string of the molecule is C=C(C)C(=O)OC(C)COC12c3ccccc3C(OCC(C)OC(=O)C(=C)C)(c3ccc(C(C)(C)C)cc31)C(C(=O)Nc1ccccc1)C2C(=O)O. The standard InChI is InChI=1S/C42H47NO9/c1-24(2)38(47)51-26(5)22-49-41-30-17-13-14-18-31(30)42(50-23-27(6)52-39(48)25(3)4,33-21-28(40(7,8)9)19-20-32(33)41)35(37(45)46)34(41)36(44)43-29-15-11-10-12-16-29/h10-21,26-27,34-35H,1,3,22-23H2,2,4-9H3,(H,43,44)(H,45,46). The van der Waals surface area contributed by atoms with Crippen LogP contribution in [0.2, 0.25) is 0 Å². The summed E-state index contributed by atoms with van der Waals surface area (Å²) in [5.41, 5.74) is 0.0595. The molecule has 0 radical (unpaired) electrons. The maximum absolute atomic E-state index is 14.8. The molecule has 3 aliphatic rings. The molecule has 3 aromatic rings. The van der Waals surface area contributed by atoms with Crippen LogP contribution in [0.3, 0.4) is 0 Å². The smallest absolute Gasteiger partial charge is 0.333 e. The molecule has 10 nitrogen and oxygen atoms in total. The zero-order chi connectivity index (χ0) is 38.2. The Morgan fingerprint density at radius 2 is 1.19 bits per heavy atom. The maximum atomic E-state index is 14.8. The molecular weight excluding hydrogens is 662 g/mol. The number of aliphatic carboxylic acids is 1. The number of para-hydroxylation sites is 1. The van der Waals surface area contributed by atoms with E-state index in [0.29, 0.717) is 27.9 Å². The molecule has 2 bridgehead atoms. The molecule has 0 heterocycles. The van der Waals surface area contributed by atoms with Gasteiger partial charge in [-0.3, -0.25) is 9.59 Å². The van der Waals surface area contributed by atoms with Gasteiger partial charge in [-0.05, 0) is 73.1 Å². The Morgan fingerprint density at radius 1 is 0.731 bits per heavy atom. The second-order valence-corrected chi connectivity index (χ2v) is 14.8. The first-order valence-electron chi connectivity index (χ1n) is 17.3. The number of rotatable bonds is 13. The maximum Gasteiger partial charge on any atom is 0.333 e. The second-order valence-electron chi connectivity index (χ2n) is 14.8. The second kappa shape index (κ2) is 14.5. The molecule has 0 saturated carbocycles. The molecule has 6 atom stereocenters. The number of carboxylic acid groups (broad SMARTS) is 1. The van der Waals surface area contributed by atoms with Gasteiger partial charge in [0.05, 0.1) is 19.1 Å². The van der Waals surface area contributed by atoms with Crippen LogP contribution in [0.5, 0.6) is 0 Å². The number of esters is 2. The van der Waals surface area contributed by atoms with E-state index in [1.54, 1.807) is 62.4 Å². The van der Waals surface area contributed by atoms with E-state index in [1.165, 1.54) is 13.8 Å². The highest BCUT2D eigenvalue weighted by Crippen LogP contribution is 2.66. The average molecular weight is 710 g/mol. The van der Waals surface area contributed by atoms with Crippen LogP contribution in [0.15, 0.2) is 97.1 Å². The van der Waals surface area contributed by atoms with Gasteiger partial charge in [-0.15, -0.1) is 0 Å². The number of fused-ring (bicyclic) bond motifs is 1. The van der Waals surface area contributed by atoms with Gasteiger partial charge in [-0.2, -0.15) is 0 Å². The third-order valence-corrected chi connectivity index (χ3v) is 9.62. The van der Waals surface area contributed by atoms with Gasteiger partial charge in [0.1, 0.15) is 29.3 Å². The fourth-order valence-corrected chi connectivity index (χ4v) is 7.22. The highest BCUT2D eigenvalue weighted by Gasteiger charge is 2.71. The van der Waals surface area contributed by atoms with Crippen LogP contribution in [0.25, 0.3) is 0 Å². The van der Waals surface area contributed by atoms with Crippen molar-refractivity contribution in [3.05, 3.63) is 125 Å². The molecule has 0 aliphatic heterocycles. The molecule has 1 amide bonds. The number of hydrogen-bond acceptors (Lipinski definition) is 8. The first-order valence-corrected chi connectivity index (χ1v) is 17.3. The highest BCUT2D eigenvalue weighted by atomic mass is 16.6. The van der Waals surface area contributed by atoms with Gasteiger partial charge in [0.2, 0.25) is 5.91 Å². The van der Waals surface area contributed by atoms with Crippen LogP contribution in [-0.4, -0.2) is 54.3 Å². The van der Waals surface area contributed by atoms with Crippen LogP contribution in [0.1, 0.15) is 76.3 Å². The zero-order valence-corrected chi connectivity index (χ0v) is 30.8. The first kappa shape index (κ1) is 38.2. The van der Waals surface area contributed by atoms with E-state index in [-0.39, 0.29) is 29.8 Å². The van der Waals surface area contributed by atoms with Crippen LogP contribution in [0.4, 0.5) is 5.69 Å². The van der Waals surface area contributed by atoms with E-state index in [1.807, 2.05) is 45.0 Å². The number of ether oxygens (including phenoxy) is 4. The molecular formula is C42H47NO9. The molecule has 3 aliphatic carbocycles. The Balaban J connectivity index is 1.80. The molecule has 274 valence electrons. The van der Waals surface area contributed by atoms with Crippen LogP contribution >= 0.6 is 0 Å². The molecule has 3 aromatic carbocycles. The lowest BCUT2D eigenvalue weighted by atomic mass is 9.48. The molecule has 6 unspecified atom stereocenters.